The van der Waals surface area contributed by atoms with Crippen molar-refractivity contribution >= 4 is 28.4 Å². The fourth-order valence-electron chi connectivity index (χ4n) is 4.46. The molecule has 0 radical (unpaired) electrons. The molecule has 0 spiro atoms. The average molecular weight is 494 g/mol. The Balaban J connectivity index is 1.23. The topological polar surface area (TPSA) is 47.4 Å². The zero-order valence-corrected chi connectivity index (χ0v) is 19.5. The number of aryl methyl sites for hydroxylation is 1. The molecule has 1 fully saturated rings. The quantitative estimate of drug-likeness (QED) is 0.343. The van der Waals surface area contributed by atoms with Crippen molar-refractivity contribution < 1.29 is 22.7 Å². The Morgan fingerprint density at radius 2 is 1.85 bits per heavy atom. The summed E-state index contributed by atoms with van der Waals surface area (Å²) < 4.78 is 46.4. The molecule has 0 bridgehead atoms. The number of fused-ring (bicyclic) bond motifs is 1. The number of ether oxygens (including phenoxy) is 1. The molecule has 5 nitrogen and oxygen atoms in total. The smallest absolute Gasteiger partial charge is 0.454 e. The number of likely N-dealkylation sites (tertiary alicyclic amines) is 1. The number of hydrogen-bond donors (Lipinski definition) is 0. The number of alkyl halides is 3. The van der Waals surface area contributed by atoms with E-state index in [2.05, 4.69) is 9.88 Å². The summed E-state index contributed by atoms with van der Waals surface area (Å²) in [6.07, 6.45) is 1.89. The van der Waals surface area contributed by atoms with Gasteiger partial charge in [0.15, 0.2) is 0 Å². The molecular formula is C25H27ClF3N3O2. The predicted octanol–water partition coefficient (Wildman–Crippen LogP) is 6.01. The molecule has 34 heavy (non-hydrogen) atoms. The summed E-state index contributed by atoms with van der Waals surface area (Å²) in [5.41, 5.74) is 0.0757. The lowest BCUT2D eigenvalue weighted by atomic mass is 9.94. The monoisotopic (exact) mass is 493 g/mol. The van der Waals surface area contributed by atoms with Crippen LogP contribution in [0, 0.1) is 5.92 Å². The molecule has 0 atom stereocenters. The third-order valence-corrected chi connectivity index (χ3v) is 6.58. The van der Waals surface area contributed by atoms with Crippen LogP contribution in [0.25, 0.3) is 11.0 Å². The second-order valence-electron chi connectivity index (χ2n) is 8.67. The maximum atomic E-state index is 13.0. The van der Waals surface area contributed by atoms with Gasteiger partial charge in [0, 0.05) is 29.3 Å². The molecule has 1 aliphatic rings. The predicted molar refractivity (Wildman–Crippen MR) is 125 cm³/mol. The Hall–Kier alpha value is -2.58. The largest absolute Gasteiger partial charge is 0.494 e. The van der Waals surface area contributed by atoms with E-state index in [9.17, 15) is 18.0 Å². The highest BCUT2D eigenvalue weighted by molar-refractivity contribution is 6.30. The van der Waals surface area contributed by atoms with Gasteiger partial charge in [-0.1, -0.05) is 11.6 Å². The summed E-state index contributed by atoms with van der Waals surface area (Å²) in [7, 11) is 0. The molecule has 3 heterocycles. The number of carbonyl (C=O) groups is 1. The van der Waals surface area contributed by atoms with Crippen LogP contribution in [0.1, 0.15) is 36.0 Å². The lowest BCUT2D eigenvalue weighted by Crippen LogP contribution is -2.35. The van der Waals surface area contributed by atoms with Crippen LogP contribution < -0.4 is 4.74 Å². The number of piperidine rings is 1. The number of rotatable bonds is 9. The fraction of sp³-hybridized carbons (Fsp3) is 0.440. The third kappa shape index (κ3) is 6.10. The van der Waals surface area contributed by atoms with E-state index in [1.54, 1.807) is 10.6 Å². The summed E-state index contributed by atoms with van der Waals surface area (Å²) in [5.74, 6) is -0.377. The molecule has 0 N–H and O–H groups in total. The molecule has 2 aromatic heterocycles. The van der Waals surface area contributed by atoms with Crippen molar-refractivity contribution in [2.45, 2.75) is 38.4 Å². The van der Waals surface area contributed by atoms with Crippen molar-refractivity contribution in [2.24, 2.45) is 5.92 Å². The van der Waals surface area contributed by atoms with Gasteiger partial charge >= 0.3 is 6.18 Å². The maximum absolute atomic E-state index is 13.0. The Morgan fingerprint density at radius 3 is 2.56 bits per heavy atom. The SMILES string of the molecule is O=C(c1cn(CCCN2CCC(CCOc3ccc(Cl)cc3)CC2)c2ncccc12)C(F)(F)F. The number of pyridine rings is 1. The highest BCUT2D eigenvalue weighted by Gasteiger charge is 2.41. The van der Waals surface area contributed by atoms with E-state index in [4.69, 9.17) is 16.3 Å². The number of aromatic nitrogens is 2. The van der Waals surface area contributed by atoms with Crippen LogP contribution in [-0.4, -0.2) is 52.7 Å². The molecule has 3 aromatic rings. The van der Waals surface area contributed by atoms with Crippen molar-refractivity contribution in [1.82, 2.24) is 14.5 Å². The van der Waals surface area contributed by atoms with Gasteiger partial charge in [-0.3, -0.25) is 4.79 Å². The number of hydrogen-bond acceptors (Lipinski definition) is 4. The molecule has 182 valence electrons. The Morgan fingerprint density at radius 1 is 1.12 bits per heavy atom. The summed E-state index contributed by atoms with van der Waals surface area (Å²) in [6.45, 7) is 4.03. The number of Topliss-reactive ketones (excluding diaryl/α,β-unsaturated/α-hetero) is 1. The minimum absolute atomic E-state index is 0.242. The van der Waals surface area contributed by atoms with E-state index in [1.165, 1.54) is 18.5 Å². The van der Waals surface area contributed by atoms with Gasteiger partial charge in [-0.15, -0.1) is 0 Å². The van der Waals surface area contributed by atoms with E-state index in [0.717, 1.165) is 51.1 Å². The first-order chi connectivity index (χ1) is 16.3. The molecule has 0 saturated carbocycles. The van der Waals surface area contributed by atoms with Gasteiger partial charge in [0.1, 0.15) is 11.4 Å². The third-order valence-electron chi connectivity index (χ3n) is 6.32. The number of benzene rings is 1. The second-order valence-corrected chi connectivity index (χ2v) is 9.10. The summed E-state index contributed by atoms with van der Waals surface area (Å²) in [4.78, 5) is 18.4. The standard InChI is InChI=1S/C25H27ClF3N3O2/c26-19-4-6-20(7-5-19)34-16-10-18-8-14-31(15-9-18)12-2-13-32-17-22(23(33)25(27,28)29)21-3-1-11-30-24(21)32/h1,3-7,11,17-18H,2,8-10,12-16H2. The molecule has 0 aliphatic carbocycles. The first-order valence-corrected chi connectivity index (χ1v) is 11.8. The highest BCUT2D eigenvalue weighted by Crippen LogP contribution is 2.28. The van der Waals surface area contributed by atoms with Gasteiger partial charge in [0.25, 0.3) is 5.78 Å². The van der Waals surface area contributed by atoms with Crippen LogP contribution in [0.15, 0.2) is 48.8 Å². The second kappa shape index (κ2) is 10.8. The number of ketones is 1. The van der Waals surface area contributed by atoms with Crippen LogP contribution in [-0.2, 0) is 6.54 Å². The van der Waals surface area contributed by atoms with Crippen LogP contribution in [0.2, 0.25) is 5.02 Å². The Kier molecular flexibility index (Phi) is 7.78. The van der Waals surface area contributed by atoms with Crippen LogP contribution >= 0.6 is 11.6 Å². The normalized spacial score (nSPS) is 15.6. The highest BCUT2D eigenvalue weighted by atomic mass is 35.5. The van der Waals surface area contributed by atoms with Crippen LogP contribution in [0.4, 0.5) is 13.2 Å². The zero-order chi connectivity index (χ0) is 24.1. The number of nitrogens with zero attached hydrogens (tertiary/aromatic N) is 3. The average Bonchev–Trinajstić information content (AvgIpc) is 3.19. The molecule has 9 heteroatoms. The Labute approximate surface area is 201 Å². The fourth-order valence-corrected chi connectivity index (χ4v) is 4.59. The van der Waals surface area contributed by atoms with Crippen molar-refractivity contribution in [1.29, 1.82) is 0 Å². The molecule has 1 aromatic carbocycles. The van der Waals surface area contributed by atoms with E-state index in [0.29, 0.717) is 29.7 Å². The van der Waals surface area contributed by atoms with Gasteiger partial charge < -0.3 is 14.2 Å². The minimum atomic E-state index is -4.90. The van der Waals surface area contributed by atoms with E-state index in [1.807, 2.05) is 24.3 Å². The van der Waals surface area contributed by atoms with Crippen molar-refractivity contribution in [3.63, 3.8) is 0 Å². The van der Waals surface area contributed by atoms with Crippen molar-refractivity contribution in [2.75, 3.05) is 26.2 Å². The van der Waals surface area contributed by atoms with Gasteiger partial charge in [0.05, 0.1) is 12.2 Å². The summed E-state index contributed by atoms with van der Waals surface area (Å²) >= 11 is 5.89. The van der Waals surface area contributed by atoms with Crippen molar-refractivity contribution in [3.8, 4) is 5.75 Å². The van der Waals surface area contributed by atoms with E-state index >= 15 is 0 Å². The molecule has 1 aliphatic heterocycles. The zero-order valence-electron chi connectivity index (χ0n) is 18.7. The number of carbonyl (C=O) groups excluding carboxylic acids is 1. The van der Waals surface area contributed by atoms with Crippen LogP contribution in [0.3, 0.4) is 0 Å². The van der Waals surface area contributed by atoms with E-state index in [-0.39, 0.29) is 10.9 Å². The van der Waals surface area contributed by atoms with Gasteiger partial charge in [-0.2, -0.15) is 13.2 Å². The number of halogens is 4. The van der Waals surface area contributed by atoms with Gasteiger partial charge in [-0.25, -0.2) is 4.98 Å². The maximum Gasteiger partial charge on any atom is 0.454 e. The molecule has 0 unspecified atom stereocenters. The summed E-state index contributed by atoms with van der Waals surface area (Å²) in [6, 6.07) is 10.4. The molecule has 1 saturated heterocycles. The molecule has 0 amide bonds. The first kappa shape index (κ1) is 24.5. The van der Waals surface area contributed by atoms with Crippen molar-refractivity contribution in [3.05, 3.63) is 59.4 Å². The minimum Gasteiger partial charge on any atom is -0.494 e. The van der Waals surface area contributed by atoms with E-state index < -0.39 is 12.0 Å². The summed E-state index contributed by atoms with van der Waals surface area (Å²) in [5, 5.41) is 0.933. The molecule has 4 rings (SSSR count). The lowest BCUT2D eigenvalue weighted by molar-refractivity contribution is -0.0884. The van der Waals surface area contributed by atoms with Gasteiger partial charge in [-0.05, 0) is 87.6 Å². The molecular weight excluding hydrogens is 467 g/mol. The first-order valence-electron chi connectivity index (χ1n) is 11.5. The van der Waals surface area contributed by atoms with Gasteiger partial charge in [0.2, 0.25) is 0 Å². The lowest BCUT2D eigenvalue weighted by Gasteiger charge is -2.32. The van der Waals surface area contributed by atoms with Crippen LogP contribution in [0.5, 0.6) is 5.75 Å². The Bertz CT molecular complexity index is 1110.